The van der Waals surface area contributed by atoms with Crippen LogP contribution in [0.2, 0.25) is 0 Å². The van der Waals surface area contributed by atoms with E-state index >= 15 is 0 Å². The number of carbonyl (C=O) groups excluding carboxylic acids is 1. The molecule has 1 N–H and O–H groups in total. The molecule has 0 saturated carbocycles. The Labute approximate surface area is 123 Å². The fraction of sp³-hybridized carbons (Fsp3) is 0.500. The first-order chi connectivity index (χ1) is 8.69. The lowest BCUT2D eigenvalue weighted by Gasteiger charge is -2.22. The second-order valence-corrected chi connectivity index (χ2v) is 5.41. The summed E-state index contributed by atoms with van der Waals surface area (Å²) < 4.78 is 1.07. The summed E-state index contributed by atoms with van der Waals surface area (Å²) in [5.74, 6) is 0. The van der Waals surface area contributed by atoms with Gasteiger partial charge in [-0.1, -0.05) is 32.4 Å². The lowest BCUT2D eigenvalue weighted by molar-refractivity contribution is 0.211. The van der Waals surface area contributed by atoms with Gasteiger partial charge in [-0.15, -0.1) is 0 Å². The molecule has 0 aliphatic heterocycles. The monoisotopic (exact) mass is 360 g/mol. The first-order valence-corrected chi connectivity index (χ1v) is 7.57. The molecule has 0 saturated heterocycles. The van der Waals surface area contributed by atoms with E-state index in [1.165, 1.54) is 0 Å². The largest absolute Gasteiger partial charge is 0.325 e. The predicted molar refractivity (Wildman–Crippen MR) is 84.9 cm³/mol. The Bertz CT molecular complexity index is 382. The van der Waals surface area contributed by atoms with E-state index in [1.807, 2.05) is 29.2 Å². The average molecular weight is 360 g/mol. The number of nitrogens with zero attached hydrogens (tertiary/aromatic N) is 1. The molecule has 0 aliphatic carbocycles. The molecular weight excluding hydrogens is 339 g/mol. The number of benzene rings is 1. The van der Waals surface area contributed by atoms with Gasteiger partial charge in [-0.25, -0.2) is 4.79 Å². The normalized spacial score (nSPS) is 10.2. The van der Waals surface area contributed by atoms with Crippen molar-refractivity contribution in [1.29, 1.82) is 0 Å². The summed E-state index contributed by atoms with van der Waals surface area (Å²) >= 11 is 2.23. The van der Waals surface area contributed by atoms with E-state index < -0.39 is 0 Å². The molecule has 0 spiro atoms. The summed E-state index contributed by atoms with van der Waals surface area (Å²) in [4.78, 5) is 14.1. The quantitative estimate of drug-likeness (QED) is 0.753. The Morgan fingerprint density at radius 1 is 1.22 bits per heavy atom. The van der Waals surface area contributed by atoms with Crippen molar-refractivity contribution in [3.63, 3.8) is 0 Å². The minimum atomic E-state index is 0.00872. The summed E-state index contributed by atoms with van der Waals surface area (Å²) in [5.41, 5.74) is 0.890. The molecule has 0 bridgehead atoms. The third-order valence-electron chi connectivity index (χ3n) is 2.68. The van der Waals surface area contributed by atoms with Crippen molar-refractivity contribution in [2.24, 2.45) is 0 Å². The van der Waals surface area contributed by atoms with Gasteiger partial charge in [-0.2, -0.15) is 0 Å². The predicted octanol–water partition coefficient (Wildman–Crippen LogP) is 4.34. The molecule has 1 rings (SSSR count). The van der Waals surface area contributed by atoms with Gasteiger partial charge in [-0.3, -0.25) is 0 Å². The second kappa shape index (κ2) is 8.34. The number of hydrogen-bond donors (Lipinski definition) is 1. The molecule has 0 aliphatic rings. The van der Waals surface area contributed by atoms with Gasteiger partial charge in [0, 0.05) is 16.7 Å². The van der Waals surface area contributed by atoms with Crippen molar-refractivity contribution in [2.45, 2.75) is 33.1 Å². The van der Waals surface area contributed by atoms with Gasteiger partial charge in [0.15, 0.2) is 0 Å². The molecule has 0 heterocycles. The van der Waals surface area contributed by atoms with E-state index in [0.29, 0.717) is 0 Å². The van der Waals surface area contributed by atoms with Crippen molar-refractivity contribution in [2.75, 3.05) is 18.4 Å². The van der Waals surface area contributed by atoms with Crippen LogP contribution in [0.25, 0.3) is 0 Å². The molecule has 0 aromatic heterocycles. The van der Waals surface area contributed by atoms with Crippen LogP contribution in [0.4, 0.5) is 10.5 Å². The number of halogens is 1. The molecule has 100 valence electrons. The second-order valence-electron chi connectivity index (χ2n) is 4.25. The third kappa shape index (κ3) is 4.84. The van der Waals surface area contributed by atoms with Crippen molar-refractivity contribution in [1.82, 2.24) is 4.90 Å². The number of rotatable bonds is 6. The number of anilines is 1. The zero-order valence-electron chi connectivity index (χ0n) is 11.1. The number of hydrogen-bond acceptors (Lipinski definition) is 1. The lowest BCUT2D eigenvalue weighted by atomic mass is 10.3. The van der Waals surface area contributed by atoms with Gasteiger partial charge in [0.25, 0.3) is 0 Å². The zero-order chi connectivity index (χ0) is 13.4. The summed E-state index contributed by atoms with van der Waals surface area (Å²) in [6, 6.07) is 7.84. The minimum Gasteiger partial charge on any atom is -0.325 e. The first kappa shape index (κ1) is 15.3. The van der Waals surface area contributed by atoms with Gasteiger partial charge in [0.1, 0.15) is 0 Å². The Hall–Kier alpha value is -0.780. The molecule has 1 aromatic rings. The highest BCUT2D eigenvalue weighted by atomic mass is 127. The van der Waals surface area contributed by atoms with Gasteiger partial charge in [0.05, 0.1) is 5.69 Å². The van der Waals surface area contributed by atoms with Crippen LogP contribution in [0.3, 0.4) is 0 Å². The molecule has 18 heavy (non-hydrogen) atoms. The van der Waals surface area contributed by atoms with Crippen molar-refractivity contribution < 1.29 is 4.79 Å². The van der Waals surface area contributed by atoms with E-state index in [4.69, 9.17) is 0 Å². The van der Waals surface area contributed by atoms with Crippen LogP contribution in [-0.2, 0) is 0 Å². The lowest BCUT2D eigenvalue weighted by Crippen LogP contribution is -2.36. The van der Waals surface area contributed by atoms with Gasteiger partial charge in [0.2, 0.25) is 0 Å². The number of para-hydroxylation sites is 1. The molecule has 1 aromatic carbocycles. The van der Waals surface area contributed by atoms with E-state index in [-0.39, 0.29) is 6.03 Å². The smallest absolute Gasteiger partial charge is 0.321 e. The van der Waals surface area contributed by atoms with Crippen molar-refractivity contribution in [3.05, 3.63) is 27.8 Å². The minimum absolute atomic E-state index is 0.00872. The fourth-order valence-electron chi connectivity index (χ4n) is 1.69. The van der Waals surface area contributed by atoms with Crippen LogP contribution in [0.1, 0.15) is 33.1 Å². The molecule has 3 nitrogen and oxygen atoms in total. The number of nitrogens with one attached hydrogen (secondary N) is 1. The summed E-state index contributed by atoms with van der Waals surface area (Å²) in [6.07, 6.45) is 3.15. The number of amides is 2. The molecule has 0 atom stereocenters. The summed E-state index contributed by atoms with van der Waals surface area (Å²) in [7, 11) is 0. The topological polar surface area (TPSA) is 32.3 Å². The molecular formula is C14H21IN2O. The summed E-state index contributed by atoms with van der Waals surface area (Å²) in [6.45, 7) is 5.88. The summed E-state index contributed by atoms with van der Waals surface area (Å²) in [5, 5.41) is 2.98. The Kier molecular flexibility index (Phi) is 7.08. The standard InChI is InChI=1S/C14H21IN2O/c1-3-5-11-17(10-4-2)14(18)16-13-9-7-6-8-12(13)15/h6-9H,3-5,10-11H2,1-2H3,(H,16,18). The average Bonchev–Trinajstić information content (AvgIpc) is 2.37. The van der Waals surface area contributed by atoms with E-state index in [9.17, 15) is 4.79 Å². The van der Waals surface area contributed by atoms with E-state index in [1.54, 1.807) is 0 Å². The van der Waals surface area contributed by atoms with Crippen molar-refractivity contribution in [3.8, 4) is 0 Å². The van der Waals surface area contributed by atoms with Gasteiger partial charge >= 0.3 is 6.03 Å². The molecule has 2 amide bonds. The van der Waals surface area contributed by atoms with E-state index in [2.05, 4.69) is 41.8 Å². The first-order valence-electron chi connectivity index (χ1n) is 6.49. The SMILES string of the molecule is CCCCN(CCC)C(=O)Nc1ccccc1I. The highest BCUT2D eigenvalue weighted by Crippen LogP contribution is 2.17. The maximum absolute atomic E-state index is 12.2. The van der Waals surface area contributed by atoms with Crippen LogP contribution >= 0.6 is 22.6 Å². The Balaban J connectivity index is 2.63. The van der Waals surface area contributed by atoms with Gasteiger partial charge < -0.3 is 10.2 Å². The Morgan fingerprint density at radius 2 is 1.94 bits per heavy atom. The van der Waals surface area contributed by atoms with Crippen molar-refractivity contribution >= 4 is 34.3 Å². The van der Waals surface area contributed by atoms with Crippen LogP contribution in [0.15, 0.2) is 24.3 Å². The number of unbranched alkanes of at least 4 members (excludes halogenated alkanes) is 1. The number of urea groups is 1. The van der Waals surface area contributed by atoms with E-state index in [0.717, 1.165) is 41.6 Å². The maximum Gasteiger partial charge on any atom is 0.321 e. The van der Waals surface area contributed by atoms with Gasteiger partial charge in [-0.05, 0) is 47.6 Å². The highest BCUT2D eigenvalue weighted by molar-refractivity contribution is 14.1. The molecule has 0 radical (unpaired) electrons. The highest BCUT2D eigenvalue weighted by Gasteiger charge is 2.12. The van der Waals surface area contributed by atoms with Crippen LogP contribution in [-0.4, -0.2) is 24.0 Å². The fourth-order valence-corrected chi connectivity index (χ4v) is 2.21. The Morgan fingerprint density at radius 3 is 2.56 bits per heavy atom. The molecule has 4 heteroatoms. The third-order valence-corrected chi connectivity index (χ3v) is 3.62. The van der Waals surface area contributed by atoms with Crippen LogP contribution in [0.5, 0.6) is 0 Å². The van der Waals surface area contributed by atoms with Crippen LogP contribution in [0, 0.1) is 3.57 Å². The number of carbonyl (C=O) groups is 1. The van der Waals surface area contributed by atoms with Crippen LogP contribution < -0.4 is 5.32 Å². The molecule has 0 unspecified atom stereocenters. The zero-order valence-corrected chi connectivity index (χ0v) is 13.2. The maximum atomic E-state index is 12.2. The molecule has 0 fully saturated rings.